The first-order valence-corrected chi connectivity index (χ1v) is 6.10. The molecule has 0 radical (unpaired) electrons. The second-order valence-corrected chi connectivity index (χ2v) is 4.58. The van der Waals surface area contributed by atoms with Crippen LogP contribution in [0.25, 0.3) is 0 Å². The Hall–Kier alpha value is -1.32. The molecule has 2 atom stereocenters. The summed E-state index contributed by atoms with van der Waals surface area (Å²) in [7, 11) is 0. The van der Waals surface area contributed by atoms with Crippen LogP contribution in [0, 0.1) is 5.92 Å². The Balaban J connectivity index is 1.95. The fourth-order valence-corrected chi connectivity index (χ4v) is 2.25. The molecule has 1 fully saturated rings. The molecule has 0 aromatic carbocycles. The first-order chi connectivity index (χ1) is 7.78. The fourth-order valence-electron chi connectivity index (χ4n) is 2.25. The highest BCUT2D eigenvalue weighted by atomic mass is 15.1. The molecule has 16 heavy (non-hydrogen) atoms. The molecule has 1 heterocycles. The second-order valence-electron chi connectivity index (χ2n) is 4.58. The van der Waals surface area contributed by atoms with Gasteiger partial charge in [0.05, 0.1) is 12.4 Å². The predicted octanol–water partition coefficient (Wildman–Crippen LogP) is 2.51. The van der Waals surface area contributed by atoms with Crippen molar-refractivity contribution in [3.63, 3.8) is 0 Å². The highest BCUT2D eigenvalue weighted by Gasteiger charge is 2.21. The molecular formula is C12H20N4. The minimum absolute atomic E-state index is 0.571. The summed E-state index contributed by atoms with van der Waals surface area (Å²) in [4.78, 5) is 8.64. The zero-order chi connectivity index (χ0) is 11.4. The van der Waals surface area contributed by atoms with Crippen molar-refractivity contribution in [3.05, 3.63) is 12.4 Å². The number of nitrogens with zero attached hydrogens (tertiary/aromatic N) is 2. The highest BCUT2D eigenvalue weighted by Crippen LogP contribution is 2.26. The highest BCUT2D eigenvalue weighted by molar-refractivity contribution is 5.42. The maximum atomic E-state index is 4.47. The molecule has 0 aliphatic heterocycles. The van der Waals surface area contributed by atoms with Crippen molar-refractivity contribution >= 4 is 11.6 Å². The van der Waals surface area contributed by atoms with Gasteiger partial charge in [-0.15, -0.1) is 0 Å². The molecule has 0 spiro atoms. The molecule has 2 unspecified atom stereocenters. The SMILES string of the molecule is CCNc1cncc(NC2CCC(C)C2)n1. The van der Waals surface area contributed by atoms with Gasteiger partial charge >= 0.3 is 0 Å². The van der Waals surface area contributed by atoms with E-state index in [9.17, 15) is 0 Å². The average Bonchev–Trinajstić information content (AvgIpc) is 2.65. The van der Waals surface area contributed by atoms with Crippen LogP contribution in [0.4, 0.5) is 11.6 Å². The van der Waals surface area contributed by atoms with Crippen molar-refractivity contribution in [1.29, 1.82) is 0 Å². The van der Waals surface area contributed by atoms with Gasteiger partial charge in [-0.2, -0.15) is 0 Å². The molecule has 0 amide bonds. The molecule has 2 N–H and O–H groups in total. The molecule has 4 nitrogen and oxygen atoms in total. The van der Waals surface area contributed by atoms with Crippen LogP contribution in [0.15, 0.2) is 12.4 Å². The van der Waals surface area contributed by atoms with Gasteiger partial charge in [0, 0.05) is 12.6 Å². The van der Waals surface area contributed by atoms with Crippen LogP contribution < -0.4 is 10.6 Å². The standard InChI is InChI=1S/C12H20N4/c1-3-14-11-7-13-8-12(16-11)15-10-5-4-9(2)6-10/h7-10H,3-6H2,1-2H3,(H2,14,15,16). The van der Waals surface area contributed by atoms with E-state index in [2.05, 4.69) is 34.4 Å². The normalized spacial score (nSPS) is 24.4. The lowest BCUT2D eigenvalue weighted by atomic mass is 10.1. The van der Waals surface area contributed by atoms with Crippen LogP contribution >= 0.6 is 0 Å². The molecule has 1 aliphatic carbocycles. The van der Waals surface area contributed by atoms with Crippen molar-refractivity contribution in [2.75, 3.05) is 17.2 Å². The van der Waals surface area contributed by atoms with E-state index in [1.165, 1.54) is 19.3 Å². The molecule has 4 heteroatoms. The Labute approximate surface area is 96.9 Å². The second kappa shape index (κ2) is 5.14. The zero-order valence-electron chi connectivity index (χ0n) is 10.0. The number of nitrogens with one attached hydrogen (secondary N) is 2. The van der Waals surface area contributed by atoms with E-state index < -0.39 is 0 Å². The number of hydrogen-bond donors (Lipinski definition) is 2. The third-order valence-corrected chi connectivity index (χ3v) is 3.04. The van der Waals surface area contributed by atoms with E-state index in [1.807, 2.05) is 0 Å². The summed E-state index contributed by atoms with van der Waals surface area (Å²) in [6, 6.07) is 0.571. The molecule has 2 rings (SSSR count). The quantitative estimate of drug-likeness (QED) is 0.818. The Morgan fingerprint density at radius 3 is 2.81 bits per heavy atom. The van der Waals surface area contributed by atoms with Gasteiger partial charge in [0.25, 0.3) is 0 Å². The first-order valence-electron chi connectivity index (χ1n) is 6.10. The lowest BCUT2D eigenvalue weighted by molar-refractivity contribution is 0.602. The Morgan fingerprint density at radius 2 is 2.12 bits per heavy atom. The van der Waals surface area contributed by atoms with Crippen LogP contribution in [0.2, 0.25) is 0 Å². The first kappa shape index (κ1) is 11.2. The summed E-state index contributed by atoms with van der Waals surface area (Å²) in [5.74, 6) is 2.57. The monoisotopic (exact) mass is 220 g/mol. The maximum Gasteiger partial charge on any atom is 0.147 e. The minimum Gasteiger partial charge on any atom is -0.369 e. The van der Waals surface area contributed by atoms with E-state index >= 15 is 0 Å². The molecule has 0 bridgehead atoms. The summed E-state index contributed by atoms with van der Waals surface area (Å²) >= 11 is 0. The van der Waals surface area contributed by atoms with Gasteiger partial charge in [-0.05, 0) is 32.1 Å². The molecule has 1 aromatic rings. The largest absolute Gasteiger partial charge is 0.369 e. The predicted molar refractivity (Wildman–Crippen MR) is 66.6 cm³/mol. The van der Waals surface area contributed by atoms with E-state index in [0.717, 1.165) is 24.1 Å². The van der Waals surface area contributed by atoms with Crippen molar-refractivity contribution in [2.24, 2.45) is 5.92 Å². The van der Waals surface area contributed by atoms with Gasteiger partial charge in [-0.3, -0.25) is 4.98 Å². The van der Waals surface area contributed by atoms with E-state index in [0.29, 0.717) is 6.04 Å². The lowest BCUT2D eigenvalue weighted by Gasteiger charge is -2.13. The van der Waals surface area contributed by atoms with Crippen molar-refractivity contribution in [1.82, 2.24) is 9.97 Å². The maximum absolute atomic E-state index is 4.47. The van der Waals surface area contributed by atoms with Gasteiger partial charge in [-0.25, -0.2) is 4.98 Å². The van der Waals surface area contributed by atoms with Gasteiger partial charge in [0.1, 0.15) is 11.6 Å². The minimum atomic E-state index is 0.571. The van der Waals surface area contributed by atoms with E-state index in [4.69, 9.17) is 0 Å². The summed E-state index contributed by atoms with van der Waals surface area (Å²) in [6.07, 6.45) is 7.36. The molecule has 1 saturated carbocycles. The van der Waals surface area contributed by atoms with E-state index in [-0.39, 0.29) is 0 Å². The number of rotatable bonds is 4. The number of anilines is 2. The molecule has 1 aliphatic rings. The van der Waals surface area contributed by atoms with Gasteiger partial charge in [0.2, 0.25) is 0 Å². The van der Waals surface area contributed by atoms with Gasteiger partial charge < -0.3 is 10.6 Å². The average molecular weight is 220 g/mol. The molecule has 0 saturated heterocycles. The third-order valence-electron chi connectivity index (χ3n) is 3.04. The third kappa shape index (κ3) is 2.84. The van der Waals surface area contributed by atoms with Crippen LogP contribution in [0.3, 0.4) is 0 Å². The molecule has 1 aromatic heterocycles. The summed E-state index contributed by atoms with van der Waals surface area (Å²) in [5, 5.41) is 6.62. The topological polar surface area (TPSA) is 49.8 Å². The molecule has 88 valence electrons. The van der Waals surface area contributed by atoms with Crippen LogP contribution in [0.5, 0.6) is 0 Å². The zero-order valence-corrected chi connectivity index (χ0v) is 10.0. The fraction of sp³-hybridized carbons (Fsp3) is 0.667. The smallest absolute Gasteiger partial charge is 0.147 e. The lowest BCUT2D eigenvalue weighted by Crippen LogP contribution is -2.16. The van der Waals surface area contributed by atoms with Crippen LogP contribution in [-0.2, 0) is 0 Å². The van der Waals surface area contributed by atoms with Crippen molar-refractivity contribution in [2.45, 2.75) is 39.2 Å². The Bertz CT molecular complexity index is 340. The van der Waals surface area contributed by atoms with Crippen LogP contribution in [-0.4, -0.2) is 22.6 Å². The number of hydrogen-bond acceptors (Lipinski definition) is 4. The van der Waals surface area contributed by atoms with Crippen molar-refractivity contribution < 1.29 is 0 Å². The Kier molecular flexibility index (Phi) is 3.59. The van der Waals surface area contributed by atoms with Crippen LogP contribution in [0.1, 0.15) is 33.1 Å². The van der Waals surface area contributed by atoms with E-state index in [1.54, 1.807) is 12.4 Å². The Morgan fingerprint density at radius 1 is 1.31 bits per heavy atom. The number of aromatic nitrogens is 2. The summed E-state index contributed by atoms with van der Waals surface area (Å²) < 4.78 is 0. The molecular weight excluding hydrogens is 200 g/mol. The van der Waals surface area contributed by atoms with Gasteiger partial charge in [0.15, 0.2) is 0 Å². The van der Waals surface area contributed by atoms with Gasteiger partial charge in [-0.1, -0.05) is 6.92 Å². The summed E-state index contributed by atoms with van der Waals surface area (Å²) in [5.41, 5.74) is 0. The van der Waals surface area contributed by atoms with Crippen molar-refractivity contribution in [3.8, 4) is 0 Å². The summed E-state index contributed by atoms with van der Waals surface area (Å²) in [6.45, 7) is 5.24.